The summed E-state index contributed by atoms with van der Waals surface area (Å²) in [5.41, 5.74) is -1.10. The average Bonchev–Trinajstić information content (AvgIpc) is 2.88. The quantitative estimate of drug-likeness (QED) is 0.770. The van der Waals surface area contributed by atoms with Crippen LogP contribution in [0.4, 0.5) is 4.79 Å². The second kappa shape index (κ2) is 6.58. The van der Waals surface area contributed by atoms with Gasteiger partial charge in [0.25, 0.3) is 0 Å². The van der Waals surface area contributed by atoms with E-state index in [0.29, 0.717) is 25.8 Å². The summed E-state index contributed by atoms with van der Waals surface area (Å²) in [6, 6.07) is -0.323. The van der Waals surface area contributed by atoms with Gasteiger partial charge in [-0.1, -0.05) is 6.92 Å². The molecule has 1 rings (SSSR count). The maximum atomic E-state index is 12.4. The molecule has 7 heteroatoms. The standard InChI is InChI=1S/C13H23N3O4/c1-4-13(11(18)19)7-5-8-16(13)12(20)15(3)9-6-10(17)14-2/h4-9H2,1-3H3,(H,14,17)(H,18,19). The minimum Gasteiger partial charge on any atom is -0.479 e. The molecular weight excluding hydrogens is 262 g/mol. The Labute approximate surface area is 118 Å². The Hall–Kier alpha value is -1.79. The molecule has 3 amide bonds. The van der Waals surface area contributed by atoms with E-state index in [4.69, 9.17) is 0 Å². The van der Waals surface area contributed by atoms with Crippen LogP contribution in [0, 0.1) is 0 Å². The zero-order chi connectivity index (χ0) is 15.3. The first kappa shape index (κ1) is 16.3. The molecule has 1 fully saturated rings. The second-order valence-electron chi connectivity index (χ2n) is 5.07. The molecule has 1 saturated heterocycles. The summed E-state index contributed by atoms with van der Waals surface area (Å²) in [5, 5.41) is 11.9. The number of carbonyl (C=O) groups is 3. The van der Waals surface area contributed by atoms with Crippen molar-refractivity contribution in [3.8, 4) is 0 Å². The predicted molar refractivity (Wildman–Crippen MR) is 73.3 cm³/mol. The first-order chi connectivity index (χ1) is 9.39. The highest BCUT2D eigenvalue weighted by Gasteiger charge is 2.49. The molecule has 0 spiro atoms. The fraction of sp³-hybridized carbons (Fsp3) is 0.769. The van der Waals surface area contributed by atoms with Gasteiger partial charge in [0.1, 0.15) is 5.54 Å². The zero-order valence-electron chi connectivity index (χ0n) is 12.3. The lowest BCUT2D eigenvalue weighted by molar-refractivity contribution is -0.148. The van der Waals surface area contributed by atoms with Gasteiger partial charge < -0.3 is 20.2 Å². The lowest BCUT2D eigenvalue weighted by atomic mass is 9.93. The molecule has 1 atom stereocenters. The van der Waals surface area contributed by atoms with Gasteiger partial charge in [-0.25, -0.2) is 9.59 Å². The molecule has 1 unspecified atom stereocenters. The van der Waals surface area contributed by atoms with Gasteiger partial charge in [0.05, 0.1) is 0 Å². The fourth-order valence-corrected chi connectivity index (χ4v) is 2.59. The molecule has 7 nitrogen and oxygen atoms in total. The first-order valence-electron chi connectivity index (χ1n) is 6.85. The highest BCUT2D eigenvalue weighted by Crippen LogP contribution is 2.33. The Balaban J connectivity index is 2.74. The van der Waals surface area contributed by atoms with E-state index < -0.39 is 11.5 Å². The maximum Gasteiger partial charge on any atom is 0.329 e. The number of urea groups is 1. The molecule has 0 aliphatic carbocycles. The second-order valence-corrected chi connectivity index (χ2v) is 5.07. The van der Waals surface area contributed by atoms with Gasteiger partial charge in [-0.05, 0) is 19.3 Å². The van der Waals surface area contributed by atoms with Gasteiger partial charge in [-0.2, -0.15) is 0 Å². The average molecular weight is 285 g/mol. The summed E-state index contributed by atoms with van der Waals surface area (Å²) in [6.07, 6.45) is 1.76. The van der Waals surface area contributed by atoms with E-state index in [0.717, 1.165) is 0 Å². The third-order valence-corrected chi connectivity index (χ3v) is 3.98. The van der Waals surface area contributed by atoms with Crippen molar-refractivity contribution >= 4 is 17.9 Å². The Bertz CT molecular complexity index is 399. The minimum absolute atomic E-state index is 0.147. The van der Waals surface area contributed by atoms with E-state index in [1.165, 1.54) is 16.8 Å². The molecule has 2 N–H and O–H groups in total. The SMILES string of the molecule is CCC1(C(=O)O)CCCN1C(=O)N(C)CCC(=O)NC. The molecule has 1 heterocycles. The smallest absolute Gasteiger partial charge is 0.329 e. The molecule has 0 saturated carbocycles. The molecular formula is C13H23N3O4. The number of likely N-dealkylation sites (tertiary alicyclic amines) is 1. The van der Waals surface area contributed by atoms with E-state index in [2.05, 4.69) is 5.32 Å². The summed E-state index contributed by atoms with van der Waals surface area (Å²) in [6.45, 7) is 2.50. The summed E-state index contributed by atoms with van der Waals surface area (Å²) >= 11 is 0. The number of carboxylic acid groups (broad SMARTS) is 1. The van der Waals surface area contributed by atoms with Crippen LogP contribution in [0.15, 0.2) is 0 Å². The number of amides is 3. The van der Waals surface area contributed by atoms with Crippen LogP contribution < -0.4 is 5.32 Å². The van der Waals surface area contributed by atoms with Crippen molar-refractivity contribution in [3.05, 3.63) is 0 Å². The Morgan fingerprint density at radius 2 is 2.05 bits per heavy atom. The molecule has 20 heavy (non-hydrogen) atoms. The molecule has 1 aliphatic rings. The van der Waals surface area contributed by atoms with Crippen molar-refractivity contribution in [3.63, 3.8) is 0 Å². The predicted octanol–water partition coefficient (Wildman–Crippen LogP) is 0.504. The highest BCUT2D eigenvalue weighted by molar-refractivity contribution is 5.87. The number of carbonyl (C=O) groups excluding carboxylic acids is 2. The normalized spacial score (nSPS) is 21.6. The van der Waals surface area contributed by atoms with E-state index in [1.807, 2.05) is 0 Å². The van der Waals surface area contributed by atoms with E-state index in [-0.39, 0.29) is 24.9 Å². The fourth-order valence-electron chi connectivity index (χ4n) is 2.59. The Kier molecular flexibility index (Phi) is 5.35. The number of nitrogens with one attached hydrogen (secondary N) is 1. The molecule has 0 radical (unpaired) electrons. The number of rotatable bonds is 5. The van der Waals surface area contributed by atoms with Gasteiger partial charge in [0.2, 0.25) is 5.91 Å². The highest BCUT2D eigenvalue weighted by atomic mass is 16.4. The van der Waals surface area contributed by atoms with Gasteiger partial charge in [-0.3, -0.25) is 4.79 Å². The lowest BCUT2D eigenvalue weighted by Gasteiger charge is -2.36. The van der Waals surface area contributed by atoms with Gasteiger partial charge >= 0.3 is 12.0 Å². The monoisotopic (exact) mass is 285 g/mol. The number of hydrogen-bond donors (Lipinski definition) is 2. The zero-order valence-corrected chi connectivity index (χ0v) is 12.3. The summed E-state index contributed by atoms with van der Waals surface area (Å²) in [4.78, 5) is 37.9. The number of aliphatic carboxylic acids is 1. The minimum atomic E-state index is -1.10. The summed E-state index contributed by atoms with van der Waals surface area (Å²) < 4.78 is 0. The van der Waals surface area contributed by atoms with Crippen LogP contribution in [0.5, 0.6) is 0 Å². The van der Waals surface area contributed by atoms with Crippen LogP contribution in [-0.4, -0.2) is 65.5 Å². The third kappa shape index (κ3) is 3.02. The Morgan fingerprint density at radius 3 is 2.55 bits per heavy atom. The maximum absolute atomic E-state index is 12.4. The van der Waals surface area contributed by atoms with Gasteiger partial charge in [0, 0.05) is 33.6 Å². The topological polar surface area (TPSA) is 90.0 Å². The largest absolute Gasteiger partial charge is 0.479 e. The van der Waals surface area contributed by atoms with Crippen LogP contribution in [-0.2, 0) is 9.59 Å². The molecule has 0 aromatic carbocycles. The van der Waals surface area contributed by atoms with Crippen LogP contribution in [0.1, 0.15) is 32.6 Å². The van der Waals surface area contributed by atoms with Crippen LogP contribution >= 0.6 is 0 Å². The van der Waals surface area contributed by atoms with Crippen LogP contribution in [0.25, 0.3) is 0 Å². The van der Waals surface area contributed by atoms with Crippen molar-refractivity contribution in [2.45, 2.75) is 38.1 Å². The van der Waals surface area contributed by atoms with Gasteiger partial charge in [0.15, 0.2) is 0 Å². The van der Waals surface area contributed by atoms with Crippen molar-refractivity contribution < 1.29 is 19.5 Å². The third-order valence-electron chi connectivity index (χ3n) is 3.98. The first-order valence-corrected chi connectivity index (χ1v) is 6.85. The number of hydrogen-bond acceptors (Lipinski definition) is 3. The van der Waals surface area contributed by atoms with Crippen LogP contribution in [0.3, 0.4) is 0 Å². The molecule has 0 bridgehead atoms. The van der Waals surface area contributed by atoms with Crippen molar-refractivity contribution in [2.75, 3.05) is 27.2 Å². The lowest BCUT2D eigenvalue weighted by Crippen LogP contribution is -2.56. The van der Waals surface area contributed by atoms with Crippen molar-refractivity contribution in [1.82, 2.24) is 15.1 Å². The van der Waals surface area contributed by atoms with Crippen molar-refractivity contribution in [1.29, 1.82) is 0 Å². The van der Waals surface area contributed by atoms with E-state index in [1.54, 1.807) is 14.0 Å². The molecule has 0 aromatic rings. The number of carboxylic acids is 1. The number of nitrogens with zero attached hydrogens (tertiary/aromatic N) is 2. The summed E-state index contributed by atoms with van der Waals surface area (Å²) in [7, 11) is 3.13. The van der Waals surface area contributed by atoms with Gasteiger partial charge in [-0.15, -0.1) is 0 Å². The molecule has 0 aromatic heterocycles. The van der Waals surface area contributed by atoms with E-state index in [9.17, 15) is 19.5 Å². The van der Waals surface area contributed by atoms with Crippen LogP contribution in [0.2, 0.25) is 0 Å². The molecule has 1 aliphatic heterocycles. The van der Waals surface area contributed by atoms with Crippen molar-refractivity contribution in [2.24, 2.45) is 0 Å². The molecule has 114 valence electrons. The summed E-state index contributed by atoms with van der Waals surface area (Å²) in [5.74, 6) is -1.10. The Morgan fingerprint density at radius 1 is 1.40 bits per heavy atom. The van der Waals surface area contributed by atoms with E-state index >= 15 is 0 Å².